The normalized spacial score (nSPS) is 24.0. The monoisotopic (exact) mass is 306 g/mol. The highest BCUT2D eigenvalue weighted by Crippen LogP contribution is 2.21. The van der Waals surface area contributed by atoms with Crippen molar-refractivity contribution in [2.45, 2.75) is 32.7 Å². The van der Waals surface area contributed by atoms with Crippen LogP contribution in [0.1, 0.15) is 26.7 Å². The van der Waals surface area contributed by atoms with Gasteiger partial charge < -0.3 is 14.7 Å². The Balaban J connectivity index is 1.53. The number of carbonyl (C=O) groups excluding carboxylic acids is 1. The average Bonchev–Trinajstić information content (AvgIpc) is 3.09. The molecule has 3 heterocycles. The number of aromatic amines is 1. The van der Waals surface area contributed by atoms with Crippen LogP contribution in [0.4, 0.5) is 5.95 Å². The highest BCUT2D eigenvalue weighted by Gasteiger charge is 2.31. The van der Waals surface area contributed by atoms with Crippen LogP contribution < -0.4 is 4.90 Å². The molecule has 3 rings (SSSR count). The third-order valence-corrected chi connectivity index (χ3v) is 4.83. The maximum absolute atomic E-state index is 12.8. The molecule has 0 saturated carbocycles. The second-order valence-electron chi connectivity index (χ2n) is 6.55. The van der Waals surface area contributed by atoms with E-state index < -0.39 is 0 Å². The Bertz CT molecular complexity index is 480. The van der Waals surface area contributed by atoms with Gasteiger partial charge >= 0.3 is 0 Å². The number of amides is 1. The highest BCUT2D eigenvalue weighted by molar-refractivity contribution is 5.79. The summed E-state index contributed by atoms with van der Waals surface area (Å²) in [5.41, 5.74) is 0. The topological polar surface area (TPSA) is 68.4 Å². The second kappa shape index (κ2) is 6.64. The van der Waals surface area contributed by atoms with Gasteiger partial charge in [-0.25, -0.2) is 5.10 Å². The molecular formula is C15H26N6O. The molecule has 0 aromatic carbocycles. The van der Waals surface area contributed by atoms with Crippen LogP contribution in [0.5, 0.6) is 0 Å². The van der Waals surface area contributed by atoms with Crippen molar-refractivity contribution in [3.05, 3.63) is 6.33 Å². The van der Waals surface area contributed by atoms with Crippen LogP contribution >= 0.6 is 0 Å². The summed E-state index contributed by atoms with van der Waals surface area (Å²) in [6, 6.07) is 0.527. The van der Waals surface area contributed by atoms with E-state index in [0.29, 0.717) is 11.9 Å². The summed E-state index contributed by atoms with van der Waals surface area (Å²) in [5.74, 6) is 1.31. The van der Waals surface area contributed by atoms with E-state index in [-0.39, 0.29) is 5.92 Å². The number of H-pyrrole nitrogens is 1. The summed E-state index contributed by atoms with van der Waals surface area (Å²) in [6.45, 7) is 9.66. The first kappa shape index (κ1) is 15.3. The van der Waals surface area contributed by atoms with E-state index in [1.807, 2.05) is 4.90 Å². The summed E-state index contributed by atoms with van der Waals surface area (Å²) in [5, 5.41) is 6.77. The molecule has 1 atom stereocenters. The quantitative estimate of drug-likeness (QED) is 0.884. The molecule has 1 aromatic heterocycles. The first-order valence-corrected chi connectivity index (χ1v) is 8.28. The Morgan fingerprint density at radius 3 is 2.68 bits per heavy atom. The lowest BCUT2D eigenvalue weighted by Gasteiger charge is -2.39. The molecule has 2 fully saturated rings. The van der Waals surface area contributed by atoms with Crippen molar-refractivity contribution < 1.29 is 4.79 Å². The summed E-state index contributed by atoms with van der Waals surface area (Å²) in [4.78, 5) is 23.5. The molecule has 0 bridgehead atoms. The van der Waals surface area contributed by atoms with Crippen LogP contribution in [-0.2, 0) is 4.79 Å². The molecule has 2 aliphatic rings. The van der Waals surface area contributed by atoms with E-state index >= 15 is 0 Å². The van der Waals surface area contributed by atoms with Crippen LogP contribution in [0.25, 0.3) is 0 Å². The fourth-order valence-electron chi connectivity index (χ4n) is 3.43. The fourth-order valence-corrected chi connectivity index (χ4v) is 3.43. The zero-order valence-corrected chi connectivity index (χ0v) is 13.5. The Hall–Kier alpha value is -1.63. The molecule has 0 spiro atoms. The highest BCUT2D eigenvalue weighted by atomic mass is 16.2. The molecule has 7 nitrogen and oxygen atoms in total. The summed E-state index contributed by atoms with van der Waals surface area (Å²) >= 11 is 0. The number of likely N-dealkylation sites (tertiary alicyclic amines) is 1. The van der Waals surface area contributed by atoms with Crippen LogP contribution in [0, 0.1) is 5.92 Å². The van der Waals surface area contributed by atoms with Gasteiger partial charge in [-0.2, -0.15) is 10.1 Å². The van der Waals surface area contributed by atoms with Crippen molar-refractivity contribution in [3.63, 3.8) is 0 Å². The van der Waals surface area contributed by atoms with E-state index in [4.69, 9.17) is 0 Å². The van der Waals surface area contributed by atoms with Crippen LogP contribution in [0.3, 0.4) is 0 Å². The van der Waals surface area contributed by atoms with Crippen molar-refractivity contribution in [1.29, 1.82) is 0 Å². The van der Waals surface area contributed by atoms with E-state index in [9.17, 15) is 4.79 Å². The smallest absolute Gasteiger partial charge is 0.227 e. The van der Waals surface area contributed by atoms with E-state index in [1.54, 1.807) is 0 Å². The average molecular weight is 306 g/mol. The zero-order chi connectivity index (χ0) is 15.5. The summed E-state index contributed by atoms with van der Waals surface area (Å²) in [7, 11) is 0. The minimum atomic E-state index is 0.174. The summed E-state index contributed by atoms with van der Waals surface area (Å²) in [6.07, 6.45) is 3.69. The van der Waals surface area contributed by atoms with Gasteiger partial charge in [-0.15, -0.1) is 0 Å². The van der Waals surface area contributed by atoms with Crippen molar-refractivity contribution in [1.82, 2.24) is 25.0 Å². The van der Waals surface area contributed by atoms with Gasteiger partial charge in [0.2, 0.25) is 11.9 Å². The fraction of sp³-hybridized carbons (Fsp3) is 0.800. The molecule has 1 unspecified atom stereocenters. The van der Waals surface area contributed by atoms with Crippen LogP contribution in [-0.4, -0.2) is 76.2 Å². The van der Waals surface area contributed by atoms with Gasteiger partial charge in [0.25, 0.3) is 0 Å². The van der Waals surface area contributed by atoms with Crippen molar-refractivity contribution in [2.24, 2.45) is 5.92 Å². The molecule has 7 heteroatoms. The Labute approximate surface area is 131 Å². The molecule has 122 valence electrons. The lowest BCUT2D eigenvalue weighted by atomic mass is 9.95. The molecule has 2 saturated heterocycles. The van der Waals surface area contributed by atoms with Gasteiger partial charge in [0.15, 0.2) is 0 Å². The zero-order valence-electron chi connectivity index (χ0n) is 13.5. The lowest BCUT2D eigenvalue weighted by Crippen LogP contribution is -2.53. The minimum Gasteiger partial charge on any atom is -0.339 e. The van der Waals surface area contributed by atoms with E-state index in [0.717, 1.165) is 58.1 Å². The Morgan fingerprint density at radius 2 is 2.05 bits per heavy atom. The lowest BCUT2D eigenvalue weighted by molar-refractivity contribution is -0.137. The maximum atomic E-state index is 12.8. The molecule has 1 aromatic rings. The van der Waals surface area contributed by atoms with Crippen LogP contribution in [0.15, 0.2) is 6.33 Å². The van der Waals surface area contributed by atoms with Gasteiger partial charge in [0.1, 0.15) is 6.33 Å². The minimum absolute atomic E-state index is 0.174. The van der Waals surface area contributed by atoms with Crippen molar-refractivity contribution in [2.75, 3.05) is 44.2 Å². The van der Waals surface area contributed by atoms with Gasteiger partial charge in [-0.1, -0.05) is 0 Å². The van der Waals surface area contributed by atoms with E-state index in [2.05, 4.69) is 38.8 Å². The van der Waals surface area contributed by atoms with Crippen molar-refractivity contribution >= 4 is 11.9 Å². The predicted octanol–water partition coefficient (Wildman–Crippen LogP) is 0.574. The number of rotatable bonds is 3. The van der Waals surface area contributed by atoms with E-state index in [1.165, 1.54) is 6.33 Å². The number of nitrogens with one attached hydrogen (secondary N) is 1. The number of hydrogen-bond acceptors (Lipinski definition) is 5. The maximum Gasteiger partial charge on any atom is 0.227 e. The molecule has 1 N–H and O–H groups in total. The Morgan fingerprint density at radius 1 is 1.27 bits per heavy atom. The number of piperidine rings is 1. The van der Waals surface area contributed by atoms with Gasteiger partial charge in [0, 0.05) is 38.8 Å². The Kier molecular flexibility index (Phi) is 4.61. The second-order valence-corrected chi connectivity index (χ2v) is 6.55. The first-order valence-electron chi connectivity index (χ1n) is 8.28. The third-order valence-electron chi connectivity index (χ3n) is 4.83. The number of nitrogens with zero attached hydrogens (tertiary/aromatic N) is 5. The largest absolute Gasteiger partial charge is 0.339 e. The van der Waals surface area contributed by atoms with Gasteiger partial charge in [0.05, 0.1) is 5.92 Å². The van der Waals surface area contributed by atoms with Crippen molar-refractivity contribution in [3.8, 4) is 0 Å². The van der Waals surface area contributed by atoms with Gasteiger partial charge in [-0.3, -0.25) is 4.79 Å². The first-order chi connectivity index (χ1) is 10.6. The molecule has 1 amide bonds. The summed E-state index contributed by atoms with van der Waals surface area (Å²) < 4.78 is 0. The number of aromatic nitrogens is 3. The predicted molar refractivity (Wildman–Crippen MR) is 84.6 cm³/mol. The number of hydrogen-bond donors (Lipinski definition) is 1. The third kappa shape index (κ3) is 3.24. The number of piperazine rings is 1. The number of carbonyl (C=O) groups is 1. The molecule has 0 radical (unpaired) electrons. The number of anilines is 1. The SMILES string of the molecule is CC(C)N1CCCC(C(=O)N2CCN(c3ncn[nH]3)CC2)C1. The van der Waals surface area contributed by atoms with Gasteiger partial charge in [-0.05, 0) is 33.2 Å². The van der Waals surface area contributed by atoms with Crippen LogP contribution in [0.2, 0.25) is 0 Å². The molecular weight excluding hydrogens is 280 g/mol. The molecule has 22 heavy (non-hydrogen) atoms. The molecule has 2 aliphatic heterocycles. The standard InChI is InChI=1S/C15H26N6O/c1-12(2)21-5-3-4-13(10-21)14(22)19-6-8-20(9-7-19)15-16-11-17-18-15/h11-13H,3-10H2,1-2H3,(H,16,17,18). The molecule has 0 aliphatic carbocycles.